The average Bonchev–Trinajstić information content (AvgIpc) is 3.47. The van der Waals surface area contributed by atoms with E-state index in [9.17, 15) is 14.4 Å². The Balaban J connectivity index is 4.42. The molecule has 0 spiro atoms. The maximum atomic E-state index is 12.9. The highest BCUT2D eigenvalue weighted by molar-refractivity contribution is 5.72. The van der Waals surface area contributed by atoms with Crippen molar-refractivity contribution in [3.8, 4) is 0 Å². The van der Waals surface area contributed by atoms with E-state index in [0.717, 1.165) is 116 Å². The van der Waals surface area contributed by atoms with E-state index in [1.807, 2.05) is 6.08 Å². The van der Waals surface area contributed by atoms with Crippen molar-refractivity contribution >= 4 is 17.9 Å². The second-order valence-corrected chi connectivity index (χ2v) is 22.0. The van der Waals surface area contributed by atoms with E-state index in [4.69, 9.17) is 14.2 Å². The lowest BCUT2D eigenvalue weighted by Crippen LogP contribution is -2.30. The van der Waals surface area contributed by atoms with Crippen LogP contribution < -0.4 is 0 Å². The summed E-state index contributed by atoms with van der Waals surface area (Å²) in [5.74, 6) is -1.05. The number of allylic oxidation sites excluding steroid dienone is 21. The number of hydrogen-bond acceptors (Lipinski definition) is 6. The molecule has 1 unspecified atom stereocenters. The van der Waals surface area contributed by atoms with Crippen molar-refractivity contribution < 1.29 is 28.6 Å². The molecule has 0 fully saturated rings. The Hall–Kier alpha value is -4.45. The van der Waals surface area contributed by atoms with Crippen molar-refractivity contribution in [2.24, 2.45) is 0 Å². The maximum Gasteiger partial charge on any atom is 0.309 e. The highest BCUT2D eigenvalue weighted by Gasteiger charge is 2.19. The van der Waals surface area contributed by atoms with E-state index < -0.39 is 12.1 Å². The Bertz CT molecular complexity index is 1720. The third-order valence-electron chi connectivity index (χ3n) is 14.2. The summed E-state index contributed by atoms with van der Waals surface area (Å²) in [4.78, 5) is 38.3. The Morgan fingerprint density at radius 2 is 0.531 bits per heavy atom. The van der Waals surface area contributed by atoms with Crippen molar-refractivity contribution in [1.82, 2.24) is 0 Å². The van der Waals surface area contributed by atoms with Crippen LogP contribution in [-0.2, 0) is 28.6 Å². The molecule has 0 N–H and O–H groups in total. The van der Waals surface area contributed by atoms with Gasteiger partial charge in [-0.3, -0.25) is 14.4 Å². The molecule has 0 heterocycles. The van der Waals surface area contributed by atoms with E-state index in [1.54, 1.807) is 6.08 Å². The number of ether oxygens (including phenoxy) is 3. The van der Waals surface area contributed by atoms with Gasteiger partial charge >= 0.3 is 17.9 Å². The predicted molar refractivity (Wildman–Crippen MR) is 353 cm³/mol. The minimum absolute atomic E-state index is 0.114. The summed E-state index contributed by atoms with van der Waals surface area (Å²) in [5.41, 5.74) is 0. The van der Waals surface area contributed by atoms with Gasteiger partial charge in [0, 0.05) is 12.8 Å². The monoisotopic (exact) mass is 1120 g/mol. The molecule has 0 radical (unpaired) electrons. The molecule has 460 valence electrons. The number of unbranched alkanes of at least 4 members (excludes halogenated alkanes) is 28. The zero-order chi connectivity index (χ0) is 58.5. The van der Waals surface area contributed by atoms with E-state index in [1.165, 1.54) is 148 Å². The maximum absolute atomic E-state index is 12.9. The van der Waals surface area contributed by atoms with Gasteiger partial charge in [0.15, 0.2) is 6.10 Å². The highest BCUT2D eigenvalue weighted by atomic mass is 16.6. The van der Waals surface area contributed by atoms with Crippen molar-refractivity contribution in [2.75, 3.05) is 13.2 Å². The molecular formula is C75H124O6. The fraction of sp³-hybridized carbons (Fsp3) is 0.667. The topological polar surface area (TPSA) is 78.9 Å². The molecule has 0 saturated carbocycles. The zero-order valence-corrected chi connectivity index (χ0v) is 52.8. The van der Waals surface area contributed by atoms with Crippen LogP contribution in [0.2, 0.25) is 0 Å². The Morgan fingerprint density at radius 1 is 0.272 bits per heavy atom. The molecule has 0 rings (SSSR count). The normalized spacial score (nSPS) is 13.0. The molecule has 0 aromatic heterocycles. The minimum atomic E-state index is -0.826. The first-order valence-electron chi connectivity index (χ1n) is 33.7. The Labute approximate surface area is 500 Å². The second kappa shape index (κ2) is 68.1. The first-order valence-corrected chi connectivity index (χ1v) is 33.7. The van der Waals surface area contributed by atoms with Gasteiger partial charge in [0.2, 0.25) is 0 Å². The minimum Gasteiger partial charge on any atom is -0.462 e. The molecule has 6 heteroatoms. The summed E-state index contributed by atoms with van der Waals surface area (Å²) in [6.45, 7) is 6.34. The fourth-order valence-corrected chi connectivity index (χ4v) is 9.23. The summed E-state index contributed by atoms with van der Waals surface area (Å²) in [6, 6.07) is 0. The molecule has 0 aromatic carbocycles. The zero-order valence-electron chi connectivity index (χ0n) is 52.8. The van der Waals surface area contributed by atoms with Crippen LogP contribution in [0.4, 0.5) is 0 Å². The van der Waals surface area contributed by atoms with Crippen molar-refractivity contribution in [2.45, 2.75) is 309 Å². The standard InChI is InChI=1S/C75H124O6/c1-4-7-10-13-16-19-22-25-28-30-32-34-35-36-37-38-39-41-42-44-47-50-53-56-59-62-65-68-74(77)80-71-72(70-79-73(76)67-64-61-58-55-52-49-46-27-24-21-18-15-12-9-6-3)81-75(78)69-66-63-60-57-54-51-48-45-43-40-33-31-29-26-23-20-17-14-11-8-5-2/h7,9-10,12,16,18-19,21,25,27-28,32,34,36-37,39,41,46,52,55,61,64,72H,4-6,8,11,13-15,17,20,22-24,26,29-31,33,35,38,40,42-45,47-51,53-54,56-60,62-63,65-71H2,1-3H3/b10-7-,12-9-,19-16-,21-18-,28-25-,34-32-,37-36-,41-39-,46-27-,55-52-,64-61-. The van der Waals surface area contributed by atoms with Gasteiger partial charge < -0.3 is 14.2 Å². The van der Waals surface area contributed by atoms with Gasteiger partial charge in [-0.15, -0.1) is 0 Å². The number of esters is 3. The summed E-state index contributed by atoms with van der Waals surface area (Å²) in [7, 11) is 0. The molecule has 0 saturated heterocycles. The van der Waals surface area contributed by atoms with Crippen molar-refractivity contribution in [3.63, 3.8) is 0 Å². The van der Waals surface area contributed by atoms with Crippen LogP contribution >= 0.6 is 0 Å². The number of rotatable bonds is 60. The fourth-order valence-electron chi connectivity index (χ4n) is 9.23. The molecule has 0 bridgehead atoms. The number of hydrogen-bond donors (Lipinski definition) is 0. The third kappa shape index (κ3) is 66.2. The smallest absolute Gasteiger partial charge is 0.309 e. The predicted octanol–water partition coefficient (Wildman–Crippen LogP) is 23.3. The summed E-state index contributed by atoms with van der Waals surface area (Å²) in [5, 5.41) is 0. The highest BCUT2D eigenvalue weighted by Crippen LogP contribution is 2.17. The first kappa shape index (κ1) is 76.5. The van der Waals surface area contributed by atoms with Gasteiger partial charge in [-0.25, -0.2) is 0 Å². The largest absolute Gasteiger partial charge is 0.462 e. The Kier molecular flexibility index (Phi) is 64.3. The molecule has 1 atom stereocenters. The SMILES string of the molecule is CC/C=C\C/C=C\C/C=C\C/C=C\C/C=C\C/C=C\CCCCCCCCCCC(=O)OCC(COC(=O)C/C=C\C/C=C\C/C=C\C/C=C\C/C=C\CC)OC(=O)CCCCCCCCCCCCCCCCCCCCCCC. The van der Waals surface area contributed by atoms with E-state index in [0.29, 0.717) is 12.8 Å². The van der Waals surface area contributed by atoms with E-state index in [-0.39, 0.29) is 31.6 Å². The molecule has 6 nitrogen and oxygen atoms in total. The van der Waals surface area contributed by atoms with Gasteiger partial charge in [-0.2, -0.15) is 0 Å². The van der Waals surface area contributed by atoms with Gasteiger partial charge in [-0.1, -0.05) is 321 Å². The van der Waals surface area contributed by atoms with Crippen LogP contribution in [0.3, 0.4) is 0 Å². The van der Waals surface area contributed by atoms with Crippen LogP contribution in [0, 0.1) is 0 Å². The average molecular weight is 1120 g/mol. The van der Waals surface area contributed by atoms with Crippen LogP contribution in [0.1, 0.15) is 303 Å². The lowest BCUT2D eigenvalue weighted by Gasteiger charge is -2.18. The van der Waals surface area contributed by atoms with Crippen LogP contribution in [0.5, 0.6) is 0 Å². The van der Waals surface area contributed by atoms with Gasteiger partial charge in [0.05, 0.1) is 6.42 Å². The molecule has 0 aliphatic rings. The Morgan fingerprint density at radius 3 is 0.864 bits per heavy atom. The molecule has 0 aliphatic carbocycles. The molecular weight excluding hydrogens is 997 g/mol. The molecule has 0 aromatic rings. The summed E-state index contributed by atoms with van der Waals surface area (Å²) >= 11 is 0. The lowest BCUT2D eigenvalue weighted by molar-refractivity contribution is -0.166. The van der Waals surface area contributed by atoms with Gasteiger partial charge in [0.1, 0.15) is 13.2 Å². The van der Waals surface area contributed by atoms with E-state index >= 15 is 0 Å². The van der Waals surface area contributed by atoms with Crippen LogP contribution in [0.25, 0.3) is 0 Å². The molecule has 0 amide bonds. The lowest BCUT2D eigenvalue weighted by atomic mass is 10.0. The van der Waals surface area contributed by atoms with Crippen molar-refractivity contribution in [3.05, 3.63) is 134 Å². The number of carbonyl (C=O) groups excluding carboxylic acids is 3. The summed E-state index contributed by atoms with van der Waals surface area (Å²) < 4.78 is 16.8. The first-order chi connectivity index (χ1) is 40.0. The van der Waals surface area contributed by atoms with Gasteiger partial charge in [-0.05, 0) is 96.3 Å². The van der Waals surface area contributed by atoms with Gasteiger partial charge in [0.25, 0.3) is 0 Å². The quantitative estimate of drug-likeness (QED) is 0.0261. The molecule has 81 heavy (non-hydrogen) atoms. The van der Waals surface area contributed by atoms with Crippen LogP contribution in [0.15, 0.2) is 134 Å². The third-order valence-corrected chi connectivity index (χ3v) is 14.2. The van der Waals surface area contributed by atoms with Crippen LogP contribution in [-0.4, -0.2) is 37.2 Å². The summed E-state index contributed by atoms with van der Waals surface area (Å²) in [6.07, 6.45) is 96.4. The van der Waals surface area contributed by atoms with E-state index in [2.05, 4.69) is 142 Å². The second-order valence-electron chi connectivity index (χ2n) is 22.0. The van der Waals surface area contributed by atoms with Crippen molar-refractivity contribution in [1.29, 1.82) is 0 Å². The number of carbonyl (C=O) groups is 3. The molecule has 0 aliphatic heterocycles.